The molecule has 1 aromatic carbocycles. The fraction of sp³-hybridized carbons (Fsp3) is 0.333. The number of nitrogens with one attached hydrogen (secondary N) is 1. The minimum atomic E-state index is -0.227. The molecule has 2 aromatic rings. The van der Waals surface area contributed by atoms with Gasteiger partial charge in [0.25, 0.3) is 0 Å². The highest BCUT2D eigenvalue weighted by molar-refractivity contribution is 9.10. The number of piperazine rings is 1. The number of hydrogen-bond donors (Lipinski definition) is 1. The van der Waals surface area contributed by atoms with Gasteiger partial charge < -0.3 is 5.32 Å². The van der Waals surface area contributed by atoms with Gasteiger partial charge in [-0.15, -0.1) is 23.7 Å². The first-order valence-electron chi connectivity index (χ1n) is 6.80. The maximum Gasteiger partial charge on any atom is 0.137 e. The van der Waals surface area contributed by atoms with E-state index in [-0.39, 0.29) is 24.3 Å². The molecule has 0 radical (unpaired) electrons. The van der Waals surface area contributed by atoms with Crippen LogP contribution in [0.5, 0.6) is 0 Å². The van der Waals surface area contributed by atoms with Gasteiger partial charge in [-0.2, -0.15) is 0 Å². The average Bonchev–Trinajstić information content (AvgIpc) is 2.90. The van der Waals surface area contributed by atoms with Gasteiger partial charge in [0.05, 0.1) is 14.9 Å². The second-order valence-corrected chi connectivity index (χ2v) is 7.60. The number of benzene rings is 1. The van der Waals surface area contributed by atoms with Gasteiger partial charge in [0.15, 0.2) is 0 Å². The third kappa shape index (κ3) is 4.02. The van der Waals surface area contributed by atoms with Crippen LogP contribution in [0.2, 0.25) is 4.34 Å². The first-order chi connectivity index (χ1) is 10.1. The Kier molecular flexibility index (Phi) is 6.68. The Morgan fingerprint density at radius 1 is 1.23 bits per heavy atom. The summed E-state index contributed by atoms with van der Waals surface area (Å²) in [7, 11) is 0. The third-order valence-corrected chi connectivity index (χ3v) is 5.57. The first kappa shape index (κ1) is 18.2. The zero-order valence-electron chi connectivity index (χ0n) is 11.7. The number of hydrogen-bond acceptors (Lipinski definition) is 3. The molecule has 1 fully saturated rings. The summed E-state index contributed by atoms with van der Waals surface area (Å²) in [5.41, 5.74) is 0.969. The minimum Gasteiger partial charge on any atom is -0.314 e. The summed E-state index contributed by atoms with van der Waals surface area (Å²) in [6.07, 6.45) is 0. The maximum absolute atomic E-state index is 13.9. The highest BCUT2D eigenvalue weighted by Crippen LogP contribution is 2.36. The van der Waals surface area contributed by atoms with E-state index in [1.807, 2.05) is 18.2 Å². The van der Waals surface area contributed by atoms with Crippen molar-refractivity contribution in [1.29, 1.82) is 0 Å². The Bertz CT molecular complexity index is 632. The number of halogens is 4. The van der Waals surface area contributed by atoms with Crippen molar-refractivity contribution in [3.63, 3.8) is 0 Å². The Morgan fingerprint density at radius 3 is 2.55 bits per heavy atom. The van der Waals surface area contributed by atoms with Crippen molar-refractivity contribution in [2.45, 2.75) is 6.04 Å². The number of thiophene rings is 1. The standard InChI is InChI=1S/C15H15BrClFN2S.ClH/c16-11-2-1-10(9-12(11)18)15(13-3-4-14(17)21-13)20-7-5-19-6-8-20;/h1-4,9,15,19H,5-8H2;1H/t15-;/m1./s1. The van der Waals surface area contributed by atoms with E-state index in [2.05, 4.69) is 26.1 Å². The minimum absolute atomic E-state index is 0. The maximum atomic E-state index is 13.9. The van der Waals surface area contributed by atoms with Gasteiger partial charge in [-0.3, -0.25) is 4.90 Å². The van der Waals surface area contributed by atoms with E-state index < -0.39 is 0 Å². The van der Waals surface area contributed by atoms with Crippen LogP contribution < -0.4 is 5.32 Å². The van der Waals surface area contributed by atoms with Crippen LogP contribution in [-0.4, -0.2) is 31.1 Å². The Hall–Kier alpha value is -0.170. The molecule has 0 unspecified atom stereocenters. The molecule has 1 aliphatic rings. The van der Waals surface area contributed by atoms with Crippen LogP contribution in [0.1, 0.15) is 16.5 Å². The SMILES string of the molecule is Cl.Fc1cc([C@H](c2ccc(Cl)s2)N2CCNCC2)ccc1Br. The molecule has 2 nitrogen and oxygen atoms in total. The fourth-order valence-corrected chi connectivity index (χ4v) is 4.12. The number of rotatable bonds is 3. The van der Waals surface area contributed by atoms with E-state index in [0.717, 1.165) is 41.0 Å². The quantitative estimate of drug-likeness (QED) is 0.765. The van der Waals surface area contributed by atoms with Crippen molar-refractivity contribution in [3.8, 4) is 0 Å². The van der Waals surface area contributed by atoms with Crippen LogP contribution in [0.4, 0.5) is 4.39 Å². The second-order valence-electron chi connectivity index (χ2n) is 5.00. The topological polar surface area (TPSA) is 15.3 Å². The predicted molar refractivity (Wildman–Crippen MR) is 97.0 cm³/mol. The summed E-state index contributed by atoms with van der Waals surface area (Å²) in [6.45, 7) is 3.79. The molecule has 120 valence electrons. The Balaban J connectivity index is 0.00000176. The molecule has 2 heterocycles. The molecule has 1 atom stereocenters. The van der Waals surface area contributed by atoms with Gasteiger partial charge in [0.1, 0.15) is 5.82 Å². The molecule has 3 rings (SSSR count). The van der Waals surface area contributed by atoms with Crippen molar-refractivity contribution in [1.82, 2.24) is 10.2 Å². The van der Waals surface area contributed by atoms with E-state index in [4.69, 9.17) is 11.6 Å². The van der Waals surface area contributed by atoms with Crippen molar-refractivity contribution in [3.05, 3.63) is 55.4 Å². The van der Waals surface area contributed by atoms with Crippen LogP contribution in [-0.2, 0) is 0 Å². The van der Waals surface area contributed by atoms with Crippen molar-refractivity contribution < 1.29 is 4.39 Å². The summed E-state index contributed by atoms with van der Waals surface area (Å²) in [5.74, 6) is -0.227. The van der Waals surface area contributed by atoms with Gasteiger partial charge in [-0.25, -0.2) is 4.39 Å². The molecular formula is C15H16BrCl2FN2S. The van der Waals surface area contributed by atoms with Gasteiger partial charge in [0, 0.05) is 31.1 Å². The van der Waals surface area contributed by atoms with E-state index in [0.29, 0.717) is 4.47 Å². The van der Waals surface area contributed by atoms with Crippen molar-refractivity contribution in [2.24, 2.45) is 0 Å². The van der Waals surface area contributed by atoms with Crippen molar-refractivity contribution in [2.75, 3.05) is 26.2 Å². The van der Waals surface area contributed by atoms with Gasteiger partial charge in [-0.1, -0.05) is 17.7 Å². The molecular weight excluding hydrogens is 410 g/mol. The lowest BCUT2D eigenvalue weighted by Gasteiger charge is -2.34. The summed E-state index contributed by atoms with van der Waals surface area (Å²) in [5, 5.41) is 3.35. The molecule has 1 aromatic heterocycles. The number of nitrogens with zero attached hydrogens (tertiary/aromatic N) is 1. The van der Waals surface area contributed by atoms with Crippen LogP contribution in [0, 0.1) is 5.82 Å². The molecule has 0 amide bonds. The van der Waals surface area contributed by atoms with E-state index in [1.54, 1.807) is 23.5 Å². The highest BCUT2D eigenvalue weighted by atomic mass is 79.9. The van der Waals surface area contributed by atoms with Crippen LogP contribution >= 0.6 is 51.3 Å². The second kappa shape index (κ2) is 8.08. The summed E-state index contributed by atoms with van der Waals surface area (Å²) < 4.78 is 15.2. The van der Waals surface area contributed by atoms with E-state index in [1.165, 1.54) is 0 Å². The average molecular weight is 426 g/mol. The Labute approximate surface area is 153 Å². The largest absolute Gasteiger partial charge is 0.314 e. The highest BCUT2D eigenvalue weighted by Gasteiger charge is 2.25. The monoisotopic (exact) mass is 424 g/mol. The predicted octanol–water partition coefficient (Wildman–Crippen LogP) is 4.72. The zero-order chi connectivity index (χ0) is 14.8. The smallest absolute Gasteiger partial charge is 0.137 e. The third-order valence-electron chi connectivity index (χ3n) is 3.64. The fourth-order valence-electron chi connectivity index (χ4n) is 2.65. The van der Waals surface area contributed by atoms with Crippen LogP contribution in [0.3, 0.4) is 0 Å². The molecule has 1 N–H and O–H groups in total. The molecule has 1 saturated heterocycles. The zero-order valence-corrected chi connectivity index (χ0v) is 15.7. The lowest BCUT2D eigenvalue weighted by atomic mass is 10.0. The van der Waals surface area contributed by atoms with Gasteiger partial charge in [0.2, 0.25) is 0 Å². The van der Waals surface area contributed by atoms with E-state index >= 15 is 0 Å². The van der Waals surface area contributed by atoms with E-state index in [9.17, 15) is 4.39 Å². The lowest BCUT2D eigenvalue weighted by molar-refractivity contribution is 0.200. The molecule has 0 bridgehead atoms. The first-order valence-corrected chi connectivity index (χ1v) is 8.79. The summed E-state index contributed by atoms with van der Waals surface area (Å²) in [4.78, 5) is 3.53. The molecule has 22 heavy (non-hydrogen) atoms. The van der Waals surface area contributed by atoms with Crippen LogP contribution in [0.15, 0.2) is 34.8 Å². The molecule has 0 saturated carbocycles. The van der Waals surface area contributed by atoms with Crippen LogP contribution in [0.25, 0.3) is 0 Å². The molecule has 0 aliphatic carbocycles. The molecule has 1 aliphatic heterocycles. The van der Waals surface area contributed by atoms with Crippen molar-refractivity contribution >= 4 is 51.3 Å². The molecule has 0 spiro atoms. The summed E-state index contributed by atoms with van der Waals surface area (Å²) >= 11 is 10.9. The van der Waals surface area contributed by atoms with Gasteiger partial charge in [-0.05, 0) is 45.8 Å². The summed E-state index contributed by atoms with van der Waals surface area (Å²) in [6, 6.07) is 9.38. The lowest BCUT2D eigenvalue weighted by Crippen LogP contribution is -2.45. The Morgan fingerprint density at radius 2 is 1.95 bits per heavy atom. The molecule has 7 heteroatoms. The normalized spacial score (nSPS) is 17.0. The van der Waals surface area contributed by atoms with Gasteiger partial charge >= 0.3 is 0 Å².